The number of aryl methyl sites for hydroxylation is 1. The standard InChI is InChI=1S/C21H16ClFN2OS/c1-25-18-8-3-2-5-15(18)21(24-25)20-11-13(12-27-20)19(26)10-9-14-16(22)6-4-7-17(14)23/h2-8,11-12H,9-10H2,1H3. The fraction of sp³-hybridized carbons (Fsp3) is 0.143. The molecule has 2 aromatic heterocycles. The Bertz CT molecular complexity index is 1130. The van der Waals surface area contributed by atoms with Crippen molar-refractivity contribution in [2.75, 3.05) is 0 Å². The van der Waals surface area contributed by atoms with Gasteiger partial charge in [-0.15, -0.1) is 11.3 Å². The van der Waals surface area contributed by atoms with Gasteiger partial charge in [0.2, 0.25) is 0 Å². The molecule has 0 saturated heterocycles. The second-order valence-electron chi connectivity index (χ2n) is 6.31. The first-order chi connectivity index (χ1) is 13.0. The predicted octanol–water partition coefficient (Wildman–Crippen LogP) is 5.91. The van der Waals surface area contributed by atoms with E-state index in [1.807, 2.05) is 47.4 Å². The highest BCUT2D eigenvalue weighted by Crippen LogP contribution is 2.32. The van der Waals surface area contributed by atoms with E-state index in [4.69, 9.17) is 11.6 Å². The van der Waals surface area contributed by atoms with Crippen molar-refractivity contribution in [3.63, 3.8) is 0 Å². The lowest BCUT2D eigenvalue weighted by atomic mass is 10.0. The Hall–Kier alpha value is -2.50. The number of thiophene rings is 1. The summed E-state index contributed by atoms with van der Waals surface area (Å²) in [4.78, 5) is 13.5. The Kier molecular flexibility index (Phi) is 4.81. The van der Waals surface area contributed by atoms with E-state index in [2.05, 4.69) is 5.10 Å². The molecule has 0 N–H and O–H groups in total. The van der Waals surface area contributed by atoms with Gasteiger partial charge in [-0.05, 0) is 30.7 Å². The van der Waals surface area contributed by atoms with Crippen molar-refractivity contribution in [1.82, 2.24) is 9.78 Å². The van der Waals surface area contributed by atoms with E-state index in [-0.39, 0.29) is 24.4 Å². The Morgan fingerprint density at radius 1 is 1.22 bits per heavy atom. The maximum atomic E-state index is 13.9. The van der Waals surface area contributed by atoms with Crippen molar-refractivity contribution >= 4 is 39.6 Å². The number of carbonyl (C=O) groups is 1. The van der Waals surface area contributed by atoms with Gasteiger partial charge in [-0.3, -0.25) is 9.48 Å². The van der Waals surface area contributed by atoms with Crippen LogP contribution >= 0.6 is 22.9 Å². The third-order valence-electron chi connectivity index (χ3n) is 4.58. The fourth-order valence-corrected chi connectivity index (χ4v) is 4.32. The molecule has 0 saturated carbocycles. The van der Waals surface area contributed by atoms with E-state index in [0.29, 0.717) is 16.1 Å². The second kappa shape index (κ2) is 7.25. The number of aromatic nitrogens is 2. The van der Waals surface area contributed by atoms with E-state index in [1.165, 1.54) is 17.4 Å². The minimum absolute atomic E-state index is 0.0305. The van der Waals surface area contributed by atoms with E-state index in [0.717, 1.165) is 21.5 Å². The molecule has 136 valence electrons. The summed E-state index contributed by atoms with van der Waals surface area (Å²) in [6.07, 6.45) is 0.488. The van der Waals surface area contributed by atoms with E-state index in [9.17, 15) is 9.18 Å². The van der Waals surface area contributed by atoms with Crippen LogP contribution in [0.25, 0.3) is 21.5 Å². The summed E-state index contributed by atoms with van der Waals surface area (Å²) in [5.41, 5.74) is 2.92. The molecule has 0 atom stereocenters. The molecule has 4 rings (SSSR count). The Morgan fingerprint density at radius 2 is 2.04 bits per heavy atom. The normalized spacial score (nSPS) is 11.2. The molecule has 0 unspecified atom stereocenters. The number of nitrogens with zero attached hydrogens (tertiary/aromatic N) is 2. The molecule has 2 heterocycles. The van der Waals surface area contributed by atoms with Gasteiger partial charge in [0.05, 0.1) is 10.4 Å². The van der Waals surface area contributed by atoms with Crippen LogP contribution in [0.15, 0.2) is 53.9 Å². The number of halogens is 2. The maximum Gasteiger partial charge on any atom is 0.164 e. The van der Waals surface area contributed by atoms with Crippen LogP contribution in [0.1, 0.15) is 22.3 Å². The van der Waals surface area contributed by atoms with Gasteiger partial charge in [-0.2, -0.15) is 5.10 Å². The first kappa shape index (κ1) is 17.9. The number of para-hydroxylation sites is 1. The largest absolute Gasteiger partial charge is 0.294 e. The zero-order chi connectivity index (χ0) is 19.0. The van der Waals surface area contributed by atoms with Gasteiger partial charge in [-0.1, -0.05) is 35.9 Å². The molecule has 0 spiro atoms. The maximum absolute atomic E-state index is 13.9. The highest BCUT2D eigenvalue weighted by molar-refractivity contribution is 7.14. The fourth-order valence-electron chi connectivity index (χ4n) is 3.16. The van der Waals surface area contributed by atoms with E-state index >= 15 is 0 Å². The molecule has 0 amide bonds. The number of rotatable bonds is 5. The van der Waals surface area contributed by atoms with E-state index in [1.54, 1.807) is 12.1 Å². The molecule has 2 aromatic carbocycles. The summed E-state index contributed by atoms with van der Waals surface area (Å²) in [5, 5.41) is 7.85. The van der Waals surface area contributed by atoms with Crippen molar-refractivity contribution < 1.29 is 9.18 Å². The first-order valence-electron chi connectivity index (χ1n) is 8.51. The molecular weight excluding hydrogens is 383 g/mol. The summed E-state index contributed by atoms with van der Waals surface area (Å²) in [6, 6.07) is 14.4. The summed E-state index contributed by atoms with van der Waals surface area (Å²) in [7, 11) is 1.91. The third kappa shape index (κ3) is 3.40. The number of fused-ring (bicyclic) bond motifs is 1. The molecular formula is C21H16ClFN2OS. The van der Waals surface area contributed by atoms with Crippen molar-refractivity contribution in [2.45, 2.75) is 12.8 Å². The quantitative estimate of drug-likeness (QED) is 0.392. The SMILES string of the molecule is Cn1nc(-c2cc(C(=O)CCc3c(F)cccc3Cl)cs2)c2ccccc21. The Balaban J connectivity index is 1.56. The second-order valence-corrected chi connectivity index (χ2v) is 7.63. The van der Waals surface area contributed by atoms with Crippen LogP contribution in [0, 0.1) is 5.82 Å². The summed E-state index contributed by atoms with van der Waals surface area (Å²) in [5.74, 6) is -0.404. The van der Waals surface area contributed by atoms with Crippen LogP contribution in [-0.2, 0) is 13.5 Å². The minimum atomic E-state index is -0.374. The van der Waals surface area contributed by atoms with Crippen molar-refractivity contribution in [3.05, 3.63) is 75.9 Å². The first-order valence-corrected chi connectivity index (χ1v) is 9.77. The van der Waals surface area contributed by atoms with Crippen LogP contribution in [0.4, 0.5) is 4.39 Å². The number of Topliss-reactive ketones (excluding diaryl/α,β-unsaturated/α-hetero) is 1. The Morgan fingerprint density at radius 3 is 2.85 bits per heavy atom. The monoisotopic (exact) mass is 398 g/mol. The van der Waals surface area contributed by atoms with Gasteiger partial charge in [0, 0.05) is 40.4 Å². The molecule has 27 heavy (non-hydrogen) atoms. The summed E-state index contributed by atoms with van der Waals surface area (Å²) >= 11 is 7.53. The smallest absolute Gasteiger partial charge is 0.164 e. The number of hydrogen-bond donors (Lipinski definition) is 0. The molecule has 0 aliphatic rings. The molecule has 0 bridgehead atoms. The van der Waals surface area contributed by atoms with Gasteiger partial charge >= 0.3 is 0 Å². The van der Waals surface area contributed by atoms with Crippen LogP contribution in [0.5, 0.6) is 0 Å². The van der Waals surface area contributed by atoms with Gasteiger partial charge in [-0.25, -0.2) is 4.39 Å². The highest BCUT2D eigenvalue weighted by Gasteiger charge is 2.16. The predicted molar refractivity (Wildman–Crippen MR) is 108 cm³/mol. The molecule has 0 aliphatic carbocycles. The average molecular weight is 399 g/mol. The lowest BCUT2D eigenvalue weighted by Crippen LogP contribution is -2.01. The number of carbonyl (C=O) groups excluding carboxylic acids is 1. The van der Waals surface area contributed by atoms with Crippen molar-refractivity contribution in [3.8, 4) is 10.6 Å². The molecule has 0 radical (unpaired) electrons. The van der Waals surface area contributed by atoms with E-state index < -0.39 is 0 Å². The van der Waals surface area contributed by atoms with Crippen LogP contribution < -0.4 is 0 Å². The van der Waals surface area contributed by atoms with Gasteiger partial charge < -0.3 is 0 Å². The molecule has 0 fully saturated rings. The molecule has 0 aliphatic heterocycles. The third-order valence-corrected chi connectivity index (χ3v) is 5.87. The topological polar surface area (TPSA) is 34.9 Å². The van der Waals surface area contributed by atoms with Gasteiger partial charge in [0.25, 0.3) is 0 Å². The van der Waals surface area contributed by atoms with Gasteiger partial charge in [0.15, 0.2) is 5.78 Å². The average Bonchev–Trinajstić information content (AvgIpc) is 3.27. The number of benzene rings is 2. The van der Waals surface area contributed by atoms with Crippen LogP contribution in [0.3, 0.4) is 0 Å². The zero-order valence-electron chi connectivity index (χ0n) is 14.6. The van der Waals surface area contributed by atoms with Crippen molar-refractivity contribution in [1.29, 1.82) is 0 Å². The lowest BCUT2D eigenvalue weighted by Gasteiger charge is -2.04. The summed E-state index contributed by atoms with van der Waals surface area (Å²) in [6.45, 7) is 0. The molecule has 6 heteroatoms. The minimum Gasteiger partial charge on any atom is -0.294 e. The molecule has 3 nitrogen and oxygen atoms in total. The zero-order valence-corrected chi connectivity index (χ0v) is 16.1. The number of hydrogen-bond acceptors (Lipinski definition) is 3. The van der Waals surface area contributed by atoms with Crippen LogP contribution in [0.2, 0.25) is 5.02 Å². The summed E-state index contributed by atoms with van der Waals surface area (Å²) < 4.78 is 15.7. The lowest BCUT2D eigenvalue weighted by molar-refractivity contribution is 0.0983. The Labute approximate surface area is 165 Å². The van der Waals surface area contributed by atoms with Gasteiger partial charge in [0.1, 0.15) is 11.5 Å². The number of ketones is 1. The highest BCUT2D eigenvalue weighted by atomic mass is 35.5. The molecule has 4 aromatic rings. The van der Waals surface area contributed by atoms with Crippen molar-refractivity contribution in [2.24, 2.45) is 7.05 Å². The van der Waals surface area contributed by atoms with Crippen LogP contribution in [-0.4, -0.2) is 15.6 Å².